The lowest BCUT2D eigenvalue weighted by atomic mass is 9.98. The van der Waals surface area contributed by atoms with E-state index in [4.69, 9.17) is 9.84 Å². The van der Waals surface area contributed by atoms with Gasteiger partial charge in [0.05, 0.1) is 5.71 Å². The van der Waals surface area contributed by atoms with Gasteiger partial charge in [-0.1, -0.05) is 22.0 Å². The maximum absolute atomic E-state index is 5.16. The molecule has 4 heteroatoms. The second-order valence-electron chi connectivity index (χ2n) is 5.17. The van der Waals surface area contributed by atoms with Crippen molar-refractivity contribution in [3.05, 3.63) is 33.8 Å². The molecule has 0 saturated carbocycles. The number of hydrazone groups is 1. The van der Waals surface area contributed by atoms with Crippen molar-refractivity contribution in [2.24, 2.45) is 11.0 Å². The Bertz CT molecular complexity index is 471. The number of methoxy groups -OCH3 is 1. The van der Waals surface area contributed by atoms with Gasteiger partial charge in [-0.2, -0.15) is 5.10 Å². The summed E-state index contributed by atoms with van der Waals surface area (Å²) in [6, 6.07) is 6.51. The molecule has 0 fully saturated rings. The Kier molecular flexibility index (Phi) is 4.99. The largest absolute Gasteiger partial charge is 0.385 e. The van der Waals surface area contributed by atoms with Gasteiger partial charge in [0.1, 0.15) is 0 Å². The van der Waals surface area contributed by atoms with Crippen LogP contribution < -0.4 is 0 Å². The smallest absolute Gasteiger partial charge is 0.0714 e. The molecule has 0 radical (unpaired) electrons. The predicted octanol–water partition coefficient (Wildman–Crippen LogP) is 3.31. The van der Waals surface area contributed by atoms with Gasteiger partial charge in [0, 0.05) is 43.8 Å². The lowest BCUT2D eigenvalue weighted by Gasteiger charge is -2.14. The molecule has 104 valence electrons. The zero-order valence-corrected chi connectivity index (χ0v) is 13.4. The molecule has 0 aromatic heterocycles. The molecule has 19 heavy (non-hydrogen) atoms. The Morgan fingerprint density at radius 2 is 2.21 bits per heavy atom. The van der Waals surface area contributed by atoms with Gasteiger partial charge in [0.15, 0.2) is 0 Å². The molecule has 0 aliphatic heterocycles. The highest BCUT2D eigenvalue weighted by Crippen LogP contribution is 2.32. The number of hydrogen-bond acceptors (Lipinski definition) is 3. The summed E-state index contributed by atoms with van der Waals surface area (Å²) < 4.78 is 6.28. The molecule has 0 amide bonds. The Balaban J connectivity index is 2.23. The minimum absolute atomic E-state index is 0.516. The SMILES string of the molecule is COCCCC1Cc2ccc(Br)cc2/C1=N/N(C)C. The molecule has 1 aliphatic carbocycles. The number of nitrogens with zero attached hydrogens (tertiary/aromatic N) is 2. The number of halogens is 1. The molecule has 0 spiro atoms. The van der Waals surface area contributed by atoms with Crippen LogP contribution in [0, 0.1) is 5.92 Å². The second kappa shape index (κ2) is 6.53. The van der Waals surface area contributed by atoms with Crippen LogP contribution in [0.15, 0.2) is 27.8 Å². The number of benzene rings is 1. The summed E-state index contributed by atoms with van der Waals surface area (Å²) in [5.41, 5.74) is 3.93. The molecule has 0 bridgehead atoms. The third-order valence-electron chi connectivity index (χ3n) is 3.41. The van der Waals surface area contributed by atoms with E-state index < -0.39 is 0 Å². The normalized spacial score (nSPS) is 19.8. The maximum atomic E-state index is 5.16. The Morgan fingerprint density at radius 3 is 2.89 bits per heavy atom. The summed E-state index contributed by atoms with van der Waals surface area (Å²) in [5.74, 6) is 0.516. The maximum Gasteiger partial charge on any atom is 0.0714 e. The minimum atomic E-state index is 0.516. The van der Waals surface area contributed by atoms with Crippen LogP contribution >= 0.6 is 15.9 Å². The average Bonchev–Trinajstić information content (AvgIpc) is 2.67. The Hall–Kier alpha value is -0.870. The van der Waals surface area contributed by atoms with E-state index in [-0.39, 0.29) is 0 Å². The first-order chi connectivity index (χ1) is 9.11. The van der Waals surface area contributed by atoms with Crippen LogP contribution in [-0.4, -0.2) is 38.5 Å². The Labute approximate surface area is 123 Å². The fourth-order valence-corrected chi connectivity index (χ4v) is 2.97. The first-order valence-corrected chi connectivity index (χ1v) is 7.44. The second-order valence-corrected chi connectivity index (χ2v) is 6.09. The topological polar surface area (TPSA) is 24.8 Å². The highest BCUT2D eigenvalue weighted by Gasteiger charge is 2.28. The van der Waals surface area contributed by atoms with Gasteiger partial charge in [-0.25, -0.2) is 0 Å². The first kappa shape index (κ1) is 14.5. The quantitative estimate of drug-likeness (QED) is 0.613. The van der Waals surface area contributed by atoms with Crippen LogP contribution in [0.25, 0.3) is 0 Å². The van der Waals surface area contributed by atoms with Crippen LogP contribution in [0.4, 0.5) is 0 Å². The van der Waals surface area contributed by atoms with E-state index in [2.05, 4.69) is 34.1 Å². The van der Waals surface area contributed by atoms with Crippen molar-refractivity contribution < 1.29 is 4.74 Å². The van der Waals surface area contributed by atoms with E-state index in [1.165, 1.54) is 16.8 Å². The lowest BCUT2D eigenvalue weighted by Crippen LogP contribution is -2.16. The molecule has 1 unspecified atom stereocenters. The van der Waals surface area contributed by atoms with Crippen molar-refractivity contribution in [2.45, 2.75) is 19.3 Å². The van der Waals surface area contributed by atoms with Crippen molar-refractivity contribution >= 4 is 21.6 Å². The first-order valence-electron chi connectivity index (χ1n) is 6.65. The summed E-state index contributed by atoms with van der Waals surface area (Å²) in [5, 5.41) is 6.60. The number of hydrogen-bond donors (Lipinski definition) is 0. The van der Waals surface area contributed by atoms with Gasteiger partial charge in [0.25, 0.3) is 0 Å². The van der Waals surface area contributed by atoms with E-state index in [0.717, 1.165) is 30.3 Å². The summed E-state index contributed by atoms with van der Waals surface area (Å²) in [7, 11) is 5.72. The molecule has 0 heterocycles. The fourth-order valence-electron chi connectivity index (χ4n) is 2.61. The minimum Gasteiger partial charge on any atom is -0.385 e. The molecular formula is C15H21BrN2O. The van der Waals surface area contributed by atoms with E-state index in [1.807, 2.05) is 19.1 Å². The number of rotatable bonds is 5. The van der Waals surface area contributed by atoms with Crippen molar-refractivity contribution in [3.63, 3.8) is 0 Å². The number of ether oxygens (including phenoxy) is 1. The lowest BCUT2D eigenvalue weighted by molar-refractivity contribution is 0.190. The molecular weight excluding hydrogens is 304 g/mol. The van der Waals surface area contributed by atoms with E-state index in [9.17, 15) is 0 Å². The van der Waals surface area contributed by atoms with Gasteiger partial charge in [-0.3, -0.25) is 0 Å². The zero-order chi connectivity index (χ0) is 13.8. The third kappa shape index (κ3) is 3.57. The van der Waals surface area contributed by atoms with Crippen LogP contribution in [-0.2, 0) is 11.2 Å². The van der Waals surface area contributed by atoms with Crippen LogP contribution in [0.1, 0.15) is 24.0 Å². The van der Waals surface area contributed by atoms with Crippen molar-refractivity contribution in [3.8, 4) is 0 Å². The molecule has 1 atom stereocenters. The highest BCUT2D eigenvalue weighted by atomic mass is 79.9. The van der Waals surface area contributed by atoms with E-state index >= 15 is 0 Å². The summed E-state index contributed by atoms with van der Waals surface area (Å²) in [6.07, 6.45) is 3.31. The zero-order valence-electron chi connectivity index (χ0n) is 11.8. The Morgan fingerprint density at radius 1 is 1.42 bits per heavy atom. The van der Waals surface area contributed by atoms with Gasteiger partial charge in [0.2, 0.25) is 0 Å². The monoisotopic (exact) mass is 324 g/mol. The molecule has 3 nitrogen and oxygen atoms in total. The standard InChI is InChI=1S/C15H21BrN2O/c1-18(2)17-15-12(5-4-8-19-3)9-11-6-7-13(16)10-14(11)15/h6-7,10,12H,4-5,8-9H2,1-3H3/b17-15+. The van der Waals surface area contributed by atoms with Crippen LogP contribution in [0.3, 0.4) is 0 Å². The fraction of sp³-hybridized carbons (Fsp3) is 0.533. The highest BCUT2D eigenvalue weighted by molar-refractivity contribution is 9.10. The third-order valence-corrected chi connectivity index (χ3v) is 3.90. The summed E-state index contributed by atoms with van der Waals surface area (Å²) in [4.78, 5) is 0. The average molecular weight is 325 g/mol. The van der Waals surface area contributed by atoms with Crippen LogP contribution in [0.2, 0.25) is 0 Å². The van der Waals surface area contributed by atoms with Gasteiger partial charge >= 0.3 is 0 Å². The summed E-state index contributed by atoms with van der Waals surface area (Å²) >= 11 is 3.55. The van der Waals surface area contributed by atoms with Crippen molar-refractivity contribution in [2.75, 3.05) is 27.8 Å². The predicted molar refractivity (Wildman–Crippen MR) is 82.7 cm³/mol. The van der Waals surface area contributed by atoms with Crippen molar-refractivity contribution in [1.82, 2.24) is 5.01 Å². The molecule has 0 saturated heterocycles. The number of fused-ring (bicyclic) bond motifs is 1. The molecule has 1 aromatic rings. The molecule has 1 aliphatic rings. The molecule has 1 aromatic carbocycles. The molecule has 2 rings (SSSR count). The molecule has 0 N–H and O–H groups in total. The summed E-state index contributed by atoms with van der Waals surface area (Å²) in [6.45, 7) is 0.825. The van der Waals surface area contributed by atoms with E-state index in [0.29, 0.717) is 5.92 Å². The van der Waals surface area contributed by atoms with Crippen molar-refractivity contribution in [1.29, 1.82) is 0 Å². The van der Waals surface area contributed by atoms with Crippen LogP contribution in [0.5, 0.6) is 0 Å². The van der Waals surface area contributed by atoms with E-state index in [1.54, 1.807) is 7.11 Å². The van der Waals surface area contributed by atoms with Gasteiger partial charge < -0.3 is 9.75 Å². The van der Waals surface area contributed by atoms with Gasteiger partial charge in [-0.15, -0.1) is 0 Å². The van der Waals surface area contributed by atoms with Gasteiger partial charge in [-0.05, 0) is 37.0 Å².